The van der Waals surface area contributed by atoms with Gasteiger partial charge < -0.3 is 10.1 Å². The predicted octanol–water partition coefficient (Wildman–Crippen LogP) is 0.551. The molecule has 1 atom stereocenters. The maximum atomic E-state index is 5.02. The average molecular weight is 127 g/mol. The quantitative estimate of drug-likeness (QED) is 0.547. The number of rotatable bonds is 2. The zero-order chi connectivity index (χ0) is 6.74. The third kappa shape index (κ3) is 1.53. The van der Waals surface area contributed by atoms with Gasteiger partial charge in [0.1, 0.15) is 0 Å². The van der Waals surface area contributed by atoms with Gasteiger partial charge in [0.05, 0.1) is 12.1 Å². The Morgan fingerprint density at radius 3 is 3.00 bits per heavy atom. The molecular formula is C7H13NO. The van der Waals surface area contributed by atoms with Gasteiger partial charge in [0.25, 0.3) is 0 Å². The fourth-order valence-electron chi connectivity index (χ4n) is 1.07. The number of hydrogen-bond donors (Lipinski definition) is 1. The molecule has 2 nitrogen and oxygen atoms in total. The second-order valence-electron chi connectivity index (χ2n) is 2.63. The van der Waals surface area contributed by atoms with E-state index >= 15 is 0 Å². The van der Waals surface area contributed by atoms with E-state index in [0.717, 1.165) is 13.2 Å². The molecule has 2 heteroatoms. The minimum atomic E-state index is 0.0920. The number of ether oxygens (including phenoxy) is 1. The Balaban J connectivity index is 2.42. The average Bonchev–Trinajstić information content (AvgIpc) is 2.16. The van der Waals surface area contributed by atoms with Crippen molar-refractivity contribution in [3.63, 3.8) is 0 Å². The molecule has 0 saturated carbocycles. The Kier molecular flexibility index (Phi) is 1.88. The summed E-state index contributed by atoms with van der Waals surface area (Å²) in [6.07, 6.45) is 4.27. The highest BCUT2D eigenvalue weighted by Gasteiger charge is 2.22. The van der Waals surface area contributed by atoms with Crippen molar-refractivity contribution in [1.82, 2.24) is 5.32 Å². The van der Waals surface area contributed by atoms with Gasteiger partial charge in [-0.25, -0.2) is 0 Å². The van der Waals surface area contributed by atoms with Crippen LogP contribution in [0.2, 0.25) is 0 Å². The van der Waals surface area contributed by atoms with E-state index in [9.17, 15) is 0 Å². The van der Waals surface area contributed by atoms with Gasteiger partial charge in [0.15, 0.2) is 0 Å². The highest BCUT2D eigenvalue weighted by Crippen LogP contribution is 2.10. The van der Waals surface area contributed by atoms with Crippen molar-refractivity contribution in [2.45, 2.75) is 12.5 Å². The van der Waals surface area contributed by atoms with Gasteiger partial charge in [-0.1, -0.05) is 12.2 Å². The summed E-state index contributed by atoms with van der Waals surface area (Å²) < 4.78 is 5.02. The summed E-state index contributed by atoms with van der Waals surface area (Å²) in [6, 6.07) is 0. The van der Waals surface area contributed by atoms with E-state index in [1.165, 1.54) is 0 Å². The summed E-state index contributed by atoms with van der Waals surface area (Å²) in [5.74, 6) is 0. The van der Waals surface area contributed by atoms with Crippen molar-refractivity contribution in [1.29, 1.82) is 0 Å². The Hall–Kier alpha value is -0.340. The minimum Gasteiger partial charge on any atom is -0.382 e. The summed E-state index contributed by atoms with van der Waals surface area (Å²) >= 11 is 0. The molecule has 0 fully saturated rings. The molecule has 0 aliphatic carbocycles. The van der Waals surface area contributed by atoms with Gasteiger partial charge >= 0.3 is 0 Å². The monoisotopic (exact) mass is 127 g/mol. The Bertz CT molecular complexity index is 122. The largest absolute Gasteiger partial charge is 0.382 e. The highest BCUT2D eigenvalue weighted by atomic mass is 16.5. The van der Waals surface area contributed by atoms with E-state index in [2.05, 4.69) is 24.4 Å². The van der Waals surface area contributed by atoms with E-state index < -0.39 is 0 Å². The number of nitrogens with one attached hydrogen (secondary N) is 1. The summed E-state index contributed by atoms with van der Waals surface area (Å²) in [6.45, 7) is 3.85. The van der Waals surface area contributed by atoms with Crippen LogP contribution in [0.3, 0.4) is 0 Å². The Morgan fingerprint density at radius 2 is 2.56 bits per heavy atom. The SMILES string of the molecule is COCC1(C)C=CCN1. The van der Waals surface area contributed by atoms with Crippen LogP contribution in [0.25, 0.3) is 0 Å². The summed E-state index contributed by atoms with van der Waals surface area (Å²) in [4.78, 5) is 0. The lowest BCUT2D eigenvalue weighted by molar-refractivity contribution is 0.148. The third-order valence-electron chi connectivity index (χ3n) is 1.55. The maximum absolute atomic E-state index is 5.02. The third-order valence-corrected chi connectivity index (χ3v) is 1.55. The van der Waals surface area contributed by atoms with Gasteiger partial charge in [0, 0.05) is 13.7 Å². The van der Waals surface area contributed by atoms with Crippen LogP contribution in [0.15, 0.2) is 12.2 Å². The van der Waals surface area contributed by atoms with Crippen LogP contribution < -0.4 is 5.32 Å². The molecule has 0 spiro atoms. The fraction of sp³-hybridized carbons (Fsp3) is 0.714. The van der Waals surface area contributed by atoms with Crippen LogP contribution >= 0.6 is 0 Å². The van der Waals surface area contributed by atoms with Crippen molar-refractivity contribution in [2.24, 2.45) is 0 Å². The first-order valence-corrected chi connectivity index (χ1v) is 3.18. The fourth-order valence-corrected chi connectivity index (χ4v) is 1.07. The number of methoxy groups -OCH3 is 1. The topological polar surface area (TPSA) is 21.3 Å². The Labute approximate surface area is 55.9 Å². The minimum absolute atomic E-state index is 0.0920. The van der Waals surface area contributed by atoms with Crippen LogP contribution in [0.1, 0.15) is 6.92 Å². The molecule has 52 valence electrons. The van der Waals surface area contributed by atoms with Crippen LogP contribution in [-0.2, 0) is 4.74 Å². The first-order valence-electron chi connectivity index (χ1n) is 3.18. The zero-order valence-electron chi connectivity index (χ0n) is 5.98. The van der Waals surface area contributed by atoms with Gasteiger partial charge in [-0.15, -0.1) is 0 Å². The molecule has 1 unspecified atom stereocenters. The molecule has 0 radical (unpaired) electrons. The summed E-state index contributed by atoms with van der Waals surface area (Å²) in [7, 11) is 1.72. The van der Waals surface area contributed by atoms with Gasteiger partial charge in [-0.05, 0) is 6.92 Å². The lowest BCUT2D eigenvalue weighted by atomic mass is 10.1. The summed E-state index contributed by atoms with van der Waals surface area (Å²) in [5, 5.41) is 3.30. The molecule has 0 aromatic heterocycles. The first-order chi connectivity index (χ1) is 4.27. The molecule has 1 rings (SSSR count). The van der Waals surface area contributed by atoms with Crippen LogP contribution in [0.4, 0.5) is 0 Å². The lowest BCUT2D eigenvalue weighted by Crippen LogP contribution is -2.40. The molecular weight excluding hydrogens is 114 g/mol. The molecule has 1 heterocycles. The zero-order valence-corrected chi connectivity index (χ0v) is 5.98. The van der Waals surface area contributed by atoms with Crippen molar-refractivity contribution in [3.8, 4) is 0 Å². The molecule has 0 aromatic rings. The van der Waals surface area contributed by atoms with Crippen LogP contribution in [0.5, 0.6) is 0 Å². The highest BCUT2D eigenvalue weighted by molar-refractivity contribution is 5.11. The van der Waals surface area contributed by atoms with E-state index in [1.54, 1.807) is 7.11 Å². The second-order valence-corrected chi connectivity index (χ2v) is 2.63. The molecule has 1 aliphatic rings. The van der Waals surface area contributed by atoms with Crippen molar-refractivity contribution in [2.75, 3.05) is 20.3 Å². The Morgan fingerprint density at radius 1 is 1.78 bits per heavy atom. The van der Waals surface area contributed by atoms with Crippen molar-refractivity contribution in [3.05, 3.63) is 12.2 Å². The van der Waals surface area contributed by atoms with E-state index in [-0.39, 0.29) is 5.54 Å². The van der Waals surface area contributed by atoms with E-state index in [4.69, 9.17) is 4.74 Å². The maximum Gasteiger partial charge on any atom is 0.0677 e. The normalized spacial score (nSPS) is 33.6. The van der Waals surface area contributed by atoms with Gasteiger partial charge in [-0.2, -0.15) is 0 Å². The lowest BCUT2D eigenvalue weighted by Gasteiger charge is -2.20. The first kappa shape index (κ1) is 6.78. The van der Waals surface area contributed by atoms with Crippen molar-refractivity contribution < 1.29 is 4.74 Å². The molecule has 0 bridgehead atoms. The molecule has 0 aromatic carbocycles. The second kappa shape index (κ2) is 2.50. The van der Waals surface area contributed by atoms with Crippen LogP contribution in [0, 0.1) is 0 Å². The van der Waals surface area contributed by atoms with Gasteiger partial charge in [0.2, 0.25) is 0 Å². The smallest absolute Gasteiger partial charge is 0.0677 e. The van der Waals surface area contributed by atoms with E-state index in [0.29, 0.717) is 0 Å². The van der Waals surface area contributed by atoms with E-state index in [1.807, 2.05) is 0 Å². The molecule has 0 saturated heterocycles. The van der Waals surface area contributed by atoms with Crippen molar-refractivity contribution >= 4 is 0 Å². The molecule has 1 N–H and O–H groups in total. The molecule has 0 amide bonds. The van der Waals surface area contributed by atoms with Gasteiger partial charge in [-0.3, -0.25) is 0 Å². The summed E-state index contributed by atoms with van der Waals surface area (Å²) in [5.41, 5.74) is 0.0920. The molecule has 1 aliphatic heterocycles. The van der Waals surface area contributed by atoms with Crippen LogP contribution in [-0.4, -0.2) is 25.8 Å². The predicted molar refractivity (Wildman–Crippen MR) is 37.4 cm³/mol. The number of hydrogen-bond acceptors (Lipinski definition) is 2. The standard InChI is InChI=1S/C7H13NO/c1-7(6-9-2)4-3-5-8-7/h3-4,8H,5-6H2,1-2H3. The molecule has 9 heavy (non-hydrogen) atoms.